The van der Waals surface area contributed by atoms with Crippen LogP contribution in [0.25, 0.3) is 0 Å². The van der Waals surface area contributed by atoms with Gasteiger partial charge < -0.3 is 14.7 Å². The number of anilines is 1. The SMILES string of the molecule is COC(=O)c1cnc(N2CCC3(CC2)CC(O)CN(Cc2cncs2)C3)cn1. The predicted molar refractivity (Wildman–Crippen MR) is 105 cm³/mol. The number of carbonyl (C=O) groups is 1. The van der Waals surface area contributed by atoms with E-state index in [1.165, 1.54) is 18.2 Å². The Morgan fingerprint density at radius 2 is 2.14 bits per heavy atom. The van der Waals surface area contributed by atoms with Gasteiger partial charge in [-0.05, 0) is 24.7 Å². The molecule has 2 aliphatic heterocycles. The van der Waals surface area contributed by atoms with Crippen LogP contribution >= 0.6 is 11.3 Å². The lowest BCUT2D eigenvalue weighted by Crippen LogP contribution is -2.53. The Labute approximate surface area is 168 Å². The Morgan fingerprint density at radius 1 is 1.32 bits per heavy atom. The van der Waals surface area contributed by atoms with Crippen molar-refractivity contribution >= 4 is 23.1 Å². The van der Waals surface area contributed by atoms with Gasteiger partial charge in [0.1, 0.15) is 5.82 Å². The summed E-state index contributed by atoms with van der Waals surface area (Å²) in [6.45, 7) is 4.32. The van der Waals surface area contributed by atoms with Crippen molar-refractivity contribution in [3.8, 4) is 0 Å². The van der Waals surface area contributed by atoms with E-state index < -0.39 is 5.97 Å². The number of nitrogens with zero attached hydrogens (tertiary/aromatic N) is 5. The Balaban J connectivity index is 1.38. The third kappa shape index (κ3) is 4.16. The molecule has 0 aliphatic carbocycles. The first-order valence-corrected chi connectivity index (χ1v) is 10.4. The summed E-state index contributed by atoms with van der Waals surface area (Å²) in [4.78, 5) is 30.0. The van der Waals surface area contributed by atoms with Crippen molar-refractivity contribution in [2.75, 3.05) is 38.2 Å². The largest absolute Gasteiger partial charge is 0.464 e. The fraction of sp³-hybridized carbons (Fsp3) is 0.579. The lowest BCUT2D eigenvalue weighted by molar-refractivity contribution is -0.0248. The number of thiazole rings is 1. The molecular weight excluding hydrogens is 378 g/mol. The summed E-state index contributed by atoms with van der Waals surface area (Å²) < 4.78 is 4.67. The van der Waals surface area contributed by atoms with Crippen molar-refractivity contribution in [3.63, 3.8) is 0 Å². The zero-order valence-electron chi connectivity index (χ0n) is 16.0. The number of likely N-dealkylation sites (tertiary alicyclic amines) is 1. The zero-order chi connectivity index (χ0) is 19.6. The third-order valence-electron chi connectivity index (χ3n) is 5.74. The number of rotatable bonds is 4. The fourth-order valence-corrected chi connectivity index (χ4v) is 5.03. The van der Waals surface area contributed by atoms with Gasteiger partial charge in [-0.15, -0.1) is 11.3 Å². The molecule has 150 valence electrons. The van der Waals surface area contributed by atoms with Gasteiger partial charge in [0.15, 0.2) is 5.69 Å². The van der Waals surface area contributed by atoms with Crippen LogP contribution in [0.2, 0.25) is 0 Å². The number of aliphatic hydroxyl groups is 1. The molecule has 4 heterocycles. The van der Waals surface area contributed by atoms with Gasteiger partial charge in [0.05, 0.1) is 31.1 Å². The van der Waals surface area contributed by atoms with Crippen molar-refractivity contribution in [2.24, 2.45) is 5.41 Å². The van der Waals surface area contributed by atoms with Crippen LogP contribution in [0, 0.1) is 5.41 Å². The highest BCUT2D eigenvalue weighted by molar-refractivity contribution is 7.09. The Hall–Kier alpha value is -2.10. The summed E-state index contributed by atoms with van der Waals surface area (Å²) in [5.41, 5.74) is 2.21. The summed E-state index contributed by atoms with van der Waals surface area (Å²) in [5.74, 6) is 0.300. The van der Waals surface area contributed by atoms with Crippen molar-refractivity contribution in [1.29, 1.82) is 0 Å². The molecule has 4 rings (SSSR count). The maximum Gasteiger partial charge on any atom is 0.358 e. The minimum absolute atomic E-state index is 0.137. The highest BCUT2D eigenvalue weighted by atomic mass is 32.1. The Morgan fingerprint density at radius 3 is 2.79 bits per heavy atom. The highest BCUT2D eigenvalue weighted by Crippen LogP contribution is 2.41. The number of methoxy groups -OCH3 is 1. The van der Waals surface area contributed by atoms with E-state index in [4.69, 9.17) is 0 Å². The van der Waals surface area contributed by atoms with Crippen LogP contribution in [0.5, 0.6) is 0 Å². The summed E-state index contributed by atoms with van der Waals surface area (Å²) in [5, 5.41) is 10.5. The molecule has 1 atom stereocenters. The van der Waals surface area contributed by atoms with Crippen LogP contribution in [0.15, 0.2) is 24.1 Å². The summed E-state index contributed by atoms with van der Waals surface area (Å²) in [6.07, 6.45) is 7.59. The monoisotopic (exact) mass is 403 g/mol. The van der Waals surface area contributed by atoms with Crippen LogP contribution in [0.3, 0.4) is 0 Å². The summed E-state index contributed by atoms with van der Waals surface area (Å²) >= 11 is 1.66. The third-order valence-corrected chi connectivity index (χ3v) is 6.50. The van der Waals surface area contributed by atoms with Gasteiger partial charge in [0.2, 0.25) is 0 Å². The van der Waals surface area contributed by atoms with Crippen molar-refractivity contribution in [1.82, 2.24) is 19.9 Å². The second-order valence-electron chi connectivity index (χ2n) is 7.73. The van der Waals surface area contributed by atoms with E-state index in [0.29, 0.717) is 0 Å². The summed E-state index contributed by atoms with van der Waals surface area (Å²) in [7, 11) is 1.33. The molecule has 9 heteroatoms. The normalized spacial score (nSPS) is 22.4. The van der Waals surface area contributed by atoms with Crippen molar-refractivity contribution in [2.45, 2.75) is 31.9 Å². The van der Waals surface area contributed by atoms with E-state index in [1.54, 1.807) is 17.5 Å². The van der Waals surface area contributed by atoms with Crippen LogP contribution < -0.4 is 4.90 Å². The lowest BCUT2D eigenvalue weighted by atomic mass is 9.71. The first-order chi connectivity index (χ1) is 13.6. The summed E-state index contributed by atoms with van der Waals surface area (Å²) in [6, 6.07) is 0. The predicted octanol–water partition coefficient (Wildman–Crippen LogP) is 1.57. The molecule has 0 radical (unpaired) electrons. The second kappa shape index (κ2) is 8.10. The van der Waals surface area contributed by atoms with E-state index in [1.807, 2.05) is 11.7 Å². The van der Waals surface area contributed by atoms with Gasteiger partial charge in [-0.1, -0.05) is 0 Å². The average Bonchev–Trinajstić information content (AvgIpc) is 3.20. The molecule has 2 saturated heterocycles. The molecular formula is C19H25N5O3S. The molecule has 1 unspecified atom stereocenters. The number of piperidine rings is 2. The highest BCUT2D eigenvalue weighted by Gasteiger charge is 2.41. The minimum atomic E-state index is -0.478. The number of ether oxygens (including phenoxy) is 1. The van der Waals surface area contributed by atoms with Gasteiger partial charge in [0.25, 0.3) is 0 Å². The first-order valence-electron chi connectivity index (χ1n) is 9.50. The van der Waals surface area contributed by atoms with Crippen molar-refractivity contribution in [3.05, 3.63) is 34.7 Å². The average molecular weight is 404 g/mol. The first kappa shape index (κ1) is 19.2. The molecule has 0 aromatic carbocycles. The number of aromatic nitrogens is 3. The topological polar surface area (TPSA) is 91.7 Å². The van der Waals surface area contributed by atoms with Crippen molar-refractivity contribution < 1.29 is 14.6 Å². The van der Waals surface area contributed by atoms with Gasteiger partial charge in [-0.25, -0.2) is 14.8 Å². The molecule has 2 aromatic rings. The van der Waals surface area contributed by atoms with Crippen LogP contribution in [0.1, 0.15) is 34.6 Å². The molecule has 1 N–H and O–H groups in total. The quantitative estimate of drug-likeness (QED) is 0.770. The zero-order valence-corrected chi connectivity index (χ0v) is 16.8. The number of β-amino-alcohol motifs (C(OH)–C–C–N with tert-alkyl or cyclic N) is 1. The molecule has 28 heavy (non-hydrogen) atoms. The molecule has 0 amide bonds. The van der Waals surface area contributed by atoms with E-state index in [9.17, 15) is 9.90 Å². The standard InChI is InChI=1S/C19H25N5O3S/c1-27-18(26)16-8-22-17(9-21-16)24-4-2-19(3-5-24)6-14(25)10-23(12-19)11-15-7-20-13-28-15/h7-9,13-14,25H,2-6,10-12H2,1H3. The number of esters is 1. The molecule has 2 fully saturated rings. The van der Waals surface area contributed by atoms with Crippen LogP contribution in [0.4, 0.5) is 5.82 Å². The molecule has 1 spiro atoms. The van der Waals surface area contributed by atoms with Gasteiger partial charge in [0, 0.05) is 43.8 Å². The lowest BCUT2D eigenvalue weighted by Gasteiger charge is -2.49. The molecule has 2 aliphatic rings. The number of aliphatic hydroxyl groups excluding tert-OH is 1. The second-order valence-corrected chi connectivity index (χ2v) is 8.70. The molecule has 2 aromatic heterocycles. The Bertz CT molecular complexity index is 790. The van der Waals surface area contributed by atoms with E-state index in [0.717, 1.165) is 57.8 Å². The smallest absolute Gasteiger partial charge is 0.358 e. The maximum atomic E-state index is 11.5. The maximum absolute atomic E-state index is 11.5. The fourth-order valence-electron chi connectivity index (χ4n) is 4.39. The number of carbonyl (C=O) groups excluding carboxylic acids is 1. The molecule has 8 nitrogen and oxygen atoms in total. The van der Waals surface area contributed by atoms with E-state index >= 15 is 0 Å². The number of hydrogen-bond donors (Lipinski definition) is 1. The minimum Gasteiger partial charge on any atom is -0.464 e. The Kier molecular flexibility index (Phi) is 5.56. The molecule has 0 bridgehead atoms. The number of hydrogen-bond acceptors (Lipinski definition) is 9. The van der Waals surface area contributed by atoms with Gasteiger partial charge in [-0.2, -0.15) is 0 Å². The van der Waals surface area contributed by atoms with E-state index in [2.05, 4.69) is 29.5 Å². The van der Waals surface area contributed by atoms with E-state index in [-0.39, 0.29) is 17.2 Å². The van der Waals surface area contributed by atoms with Crippen LogP contribution in [-0.4, -0.2) is 70.3 Å². The van der Waals surface area contributed by atoms with Gasteiger partial charge in [-0.3, -0.25) is 9.88 Å². The molecule has 0 saturated carbocycles. The van der Waals surface area contributed by atoms with Crippen LogP contribution in [-0.2, 0) is 11.3 Å². The van der Waals surface area contributed by atoms with Gasteiger partial charge >= 0.3 is 5.97 Å².